The highest BCUT2D eigenvalue weighted by atomic mass is 16.4. The molecular formula is C18H19N3O3. The molecule has 1 aliphatic carbocycles. The molecule has 6 heteroatoms. The second kappa shape index (κ2) is 7.12. The first-order valence-corrected chi connectivity index (χ1v) is 7.93. The number of hydrogen-bond donors (Lipinski definition) is 2. The van der Waals surface area contributed by atoms with Gasteiger partial charge in [-0.1, -0.05) is 24.3 Å². The van der Waals surface area contributed by atoms with E-state index in [-0.39, 0.29) is 11.6 Å². The number of aromatic nitrogens is 2. The maximum atomic E-state index is 12.0. The van der Waals surface area contributed by atoms with Gasteiger partial charge in [0.25, 0.3) is 0 Å². The number of nitrogens with one attached hydrogen (secondary N) is 1. The molecule has 24 heavy (non-hydrogen) atoms. The molecule has 0 saturated carbocycles. The van der Waals surface area contributed by atoms with E-state index < -0.39 is 5.97 Å². The Morgan fingerprint density at radius 3 is 2.92 bits per heavy atom. The van der Waals surface area contributed by atoms with Crippen LogP contribution in [-0.4, -0.2) is 26.8 Å². The average Bonchev–Trinajstić information content (AvgIpc) is 3.25. The normalized spacial score (nSPS) is 16.2. The van der Waals surface area contributed by atoms with E-state index in [1.54, 1.807) is 6.20 Å². The Morgan fingerprint density at radius 1 is 1.33 bits per heavy atom. The third-order valence-electron chi connectivity index (χ3n) is 4.03. The summed E-state index contributed by atoms with van der Waals surface area (Å²) < 4.78 is 1.51. The van der Waals surface area contributed by atoms with Crippen LogP contribution in [0.25, 0.3) is 5.69 Å². The molecule has 0 spiro atoms. The molecule has 0 saturated heterocycles. The van der Waals surface area contributed by atoms with Crippen molar-refractivity contribution in [3.63, 3.8) is 0 Å². The molecule has 1 aromatic heterocycles. The molecule has 2 N–H and O–H groups in total. The molecule has 3 rings (SSSR count). The maximum Gasteiger partial charge on any atom is 0.356 e. The van der Waals surface area contributed by atoms with Gasteiger partial charge in [-0.25, -0.2) is 9.48 Å². The smallest absolute Gasteiger partial charge is 0.356 e. The van der Waals surface area contributed by atoms with E-state index in [9.17, 15) is 9.59 Å². The molecule has 1 aromatic carbocycles. The zero-order valence-corrected chi connectivity index (χ0v) is 13.2. The summed E-state index contributed by atoms with van der Waals surface area (Å²) in [7, 11) is 0. The molecule has 0 unspecified atom stereocenters. The van der Waals surface area contributed by atoms with Crippen LogP contribution in [0.15, 0.2) is 48.7 Å². The lowest BCUT2D eigenvalue weighted by molar-refractivity contribution is -0.121. The summed E-state index contributed by atoms with van der Waals surface area (Å²) in [5.74, 6) is -0.655. The van der Waals surface area contributed by atoms with Crippen molar-refractivity contribution in [2.45, 2.75) is 25.8 Å². The van der Waals surface area contributed by atoms with Gasteiger partial charge in [0, 0.05) is 19.2 Å². The van der Waals surface area contributed by atoms with E-state index in [0.29, 0.717) is 18.9 Å². The lowest BCUT2D eigenvalue weighted by Gasteiger charge is -2.10. The van der Waals surface area contributed by atoms with Crippen molar-refractivity contribution in [2.75, 3.05) is 0 Å². The van der Waals surface area contributed by atoms with E-state index in [1.165, 1.54) is 10.7 Å². The Bertz CT molecular complexity index is 779. The van der Waals surface area contributed by atoms with Gasteiger partial charge in [-0.3, -0.25) is 4.79 Å². The zero-order chi connectivity index (χ0) is 16.9. The Morgan fingerprint density at radius 2 is 2.21 bits per heavy atom. The molecular weight excluding hydrogens is 306 g/mol. The Balaban J connectivity index is 1.61. The number of nitrogens with zero attached hydrogens (tertiary/aromatic N) is 2. The molecule has 1 aliphatic rings. The average molecular weight is 325 g/mol. The van der Waals surface area contributed by atoms with Crippen LogP contribution in [0, 0.1) is 5.92 Å². The van der Waals surface area contributed by atoms with Crippen LogP contribution >= 0.6 is 0 Å². The van der Waals surface area contributed by atoms with Crippen LogP contribution in [0.5, 0.6) is 0 Å². The molecule has 0 aliphatic heterocycles. The first-order valence-electron chi connectivity index (χ1n) is 7.93. The van der Waals surface area contributed by atoms with Crippen molar-refractivity contribution in [1.29, 1.82) is 0 Å². The summed E-state index contributed by atoms with van der Waals surface area (Å²) in [6, 6.07) is 8.95. The van der Waals surface area contributed by atoms with E-state index in [1.807, 2.05) is 24.3 Å². The van der Waals surface area contributed by atoms with Crippen LogP contribution in [0.2, 0.25) is 0 Å². The van der Waals surface area contributed by atoms with Gasteiger partial charge in [-0.15, -0.1) is 0 Å². The fourth-order valence-corrected chi connectivity index (χ4v) is 2.77. The number of benzene rings is 1. The van der Waals surface area contributed by atoms with Crippen molar-refractivity contribution in [2.24, 2.45) is 5.92 Å². The lowest BCUT2D eigenvalue weighted by atomic mass is 10.1. The number of carbonyl (C=O) groups is 2. The van der Waals surface area contributed by atoms with Crippen molar-refractivity contribution < 1.29 is 14.7 Å². The van der Waals surface area contributed by atoms with Gasteiger partial charge in [0.2, 0.25) is 5.91 Å². The summed E-state index contributed by atoms with van der Waals surface area (Å²) in [5, 5.41) is 15.9. The zero-order valence-electron chi connectivity index (χ0n) is 13.2. The van der Waals surface area contributed by atoms with Crippen LogP contribution in [-0.2, 0) is 11.3 Å². The molecule has 0 radical (unpaired) electrons. The Kier molecular flexibility index (Phi) is 4.74. The quantitative estimate of drug-likeness (QED) is 0.799. The second-order valence-electron chi connectivity index (χ2n) is 5.87. The number of carboxylic acid groups (broad SMARTS) is 1. The third kappa shape index (κ3) is 3.90. The highest BCUT2D eigenvalue weighted by Gasteiger charge is 2.13. The standard InChI is InChI=1S/C18H19N3O3/c22-17(11-13-4-1-2-5-13)19-12-14-6-3-7-15(10-14)21-9-8-16(20-21)18(23)24/h1,3-4,6-10,13H,2,5,11-12H2,(H,19,22)(H,23,24)/t13-/m0/s1. The Hall–Kier alpha value is -2.89. The number of aromatic carboxylic acids is 1. The van der Waals surface area contributed by atoms with Gasteiger partial charge >= 0.3 is 5.97 Å². The van der Waals surface area contributed by atoms with Gasteiger partial charge in [-0.2, -0.15) is 5.10 Å². The number of rotatable bonds is 6. The summed E-state index contributed by atoms with van der Waals surface area (Å²) in [4.78, 5) is 22.9. The lowest BCUT2D eigenvalue weighted by Crippen LogP contribution is -2.24. The molecule has 1 atom stereocenters. The number of hydrogen-bond acceptors (Lipinski definition) is 3. The van der Waals surface area contributed by atoms with Crippen LogP contribution in [0.1, 0.15) is 35.3 Å². The second-order valence-corrected chi connectivity index (χ2v) is 5.87. The van der Waals surface area contributed by atoms with Crippen LogP contribution in [0.4, 0.5) is 0 Å². The fourth-order valence-electron chi connectivity index (χ4n) is 2.77. The minimum absolute atomic E-state index is 0.00155. The largest absolute Gasteiger partial charge is 0.476 e. The summed E-state index contributed by atoms with van der Waals surface area (Å²) in [6.07, 6.45) is 8.47. The first-order chi connectivity index (χ1) is 11.6. The fraction of sp³-hybridized carbons (Fsp3) is 0.278. The first kappa shape index (κ1) is 16.0. The molecule has 1 heterocycles. The predicted molar refractivity (Wildman–Crippen MR) is 88.9 cm³/mol. The molecule has 6 nitrogen and oxygen atoms in total. The number of carbonyl (C=O) groups excluding carboxylic acids is 1. The molecule has 124 valence electrons. The number of carboxylic acids is 1. The minimum Gasteiger partial charge on any atom is -0.476 e. The van der Waals surface area contributed by atoms with E-state index in [4.69, 9.17) is 5.11 Å². The highest BCUT2D eigenvalue weighted by Crippen LogP contribution is 2.20. The maximum absolute atomic E-state index is 12.0. The van der Waals surface area contributed by atoms with Gasteiger partial charge in [0.1, 0.15) is 0 Å². The molecule has 1 amide bonds. The van der Waals surface area contributed by atoms with E-state index in [0.717, 1.165) is 24.1 Å². The summed E-state index contributed by atoms with van der Waals surface area (Å²) >= 11 is 0. The SMILES string of the molecule is O=C(C[C@H]1C=CCC1)NCc1cccc(-n2ccc(C(=O)O)n2)c1. The van der Waals surface area contributed by atoms with Gasteiger partial charge in [0.15, 0.2) is 5.69 Å². The molecule has 0 fully saturated rings. The highest BCUT2D eigenvalue weighted by molar-refractivity contribution is 5.85. The van der Waals surface area contributed by atoms with Crippen molar-refractivity contribution in [3.8, 4) is 5.69 Å². The Labute approximate surface area is 139 Å². The minimum atomic E-state index is -1.06. The summed E-state index contributed by atoms with van der Waals surface area (Å²) in [5.41, 5.74) is 1.70. The molecule has 0 bridgehead atoms. The van der Waals surface area contributed by atoms with Gasteiger partial charge in [0.05, 0.1) is 5.69 Å². The number of amides is 1. The van der Waals surface area contributed by atoms with Crippen molar-refractivity contribution in [3.05, 3.63) is 59.9 Å². The third-order valence-corrected chi connectivity index (χ3v) is 4.03. The van der Waals surface area contributed by atoms with E-state index >= 15 is 0 Å². The van der Waals surface area contributed by atoms with Crippen LogP contribution in [0.3, 0.4) is 0 Å². The van der Waals surface area contributed by atoms with Crippen molar-refractivity contribution in [1.82, 2.24) is 15.1 Å². The predicted octanol–water partition coefficient (Wildman–Crippen LogP) is 2.54. The summed E-state index contributed by atoms with van der Waals surface area (Å²) in [6.45, 7) is 0.441. The topological polar surface area (TPSA) is 84.2 Å². The van der Waals surface area contributed by atoms with Crippen LogP contribution < -0.4 is 5.32 Å². The number of allylic oxidation sites excluding steroid dienone is 2. The monoisotopic (exact) mass is 325 g/mol. The van der Waals surface area contributed by atoms with Gasteiger partial charge < -0.3 is 10.4 Å². The van der Waals surface area contributed by atoms with E-state index in [2.05, 4.69) is 22.6 Å². The molecule has 2 aromatic rings. The van der Waals surface area contributed by atoms with Crippen molar-refractivity contribution >= 4 is 11.9 Å². The van der Waals surface area contributed by atoms with Gasteiger partial charge in [-0.05, 0) is 42.5 Å².